The third-order valence-corrected chi connectivity index (χ3v) is 2.30. The first-order chi connectivity index (χ1) is 7.88. The fourth-order valence-corrected chi connectivity index (χ4v) is 1.19. The van der Waals surface area contributed by atoms with Crippen LogP contribution in [0.15, 0.2) is 12.2 Å². The molecule has 6 nitrogen and oxygen atoms in total. The lowest BCUT2D eigenvalue weighted by atomic mass is 10.2. The highest BCUT2D eigenvalue weighted by molar-refractivity contribution is 6.02. The van der Waals surface area contributed by atoms with Crippen LogP contribution in [0.5, 0.6) is 0 Å². The summed E-state index contributed by atoms with van der Waals surface area (Å²) in [6, 6.07) is -0.512. The third-order valence-electron chi connectivity index (χ3n) is 2.30. The molecule has 3 amide bonds. The van der Waals surface area contributed by atoms with Gasteiger partial charge in [-0.15, -0.1) is 0 Å². The summed E-state index contributed by atoms with van der Waals surface area (Å²) in [5.74, 6) is -1.98. The Morgan fingerprint density at radius 1 is 1.35 bits per heavy atom. The topological polar surface area (TPSA) is 86.7 Å². The Kier molecular flexibility index (Phi) is 6.62. The standard InChI is InChI=1S/C11H18N2O4/c1-4-5-8(2)13(3)11(17)12-9(14)6-7-10(15)16/h6-8H,4-5H2,1-3H3,(H,15,16)(H,12,14,17)/b7-6+. The fraction of sp³-hybridized carbons (Fsp3) is 0.545. The largest absolute Gasteiger partial charge is 0.478 e. The molecule has 0 rings (SSSR count). The van der Waals surface area contributed by atoms with E-state index in [-0.39, 0.29) is 6.04 Å². The van der Waals surface area contributed by atoms with E-state index >= 15 is 0 Å². The Morgan fingerprint density at radius 2 is 1.94 bits per heavy atom. The van der Waals surface area contributed by atoms with Crippen molar-refractivity contribution < 1.29 is 19.5 Å². The Labute approximate surface area is 100 Å². The van der Waals surface area contributed by atoms with E-state index in [1.807, 2.05) is 13.8 Å². The van der Waals surface area contributed by atoms with Gasteiger partial charge in [0.05, 0.1) is 0 Å². The van der Waals surface area contributed by atoms with Crippen LogP contribution in [0.2, 0.25) is 0 Å². The Hall–Kier alpha value is -1.85. The Bertz CT molecular complexity index is 325. The van der Waals surface area contributed by atoms with Crippen LogP contribution >= 0.6 is 0 Å². The number of carbonyl (C=O) groups is 3. The van der Waals surface area contributed by atoms with Crippen LogP contribution in [0.4, 0.5) is 4.79 Å². The zero-order chi connectivity index (χ0) is 13.4. The van der Waals surface area contributed by atoms with Crippen LogP contribution in [0, 0.1) is 0 Å². The number of carboxylic acid groups (broad SMARTS) is 1. The van der Waals surface area contributed by atoms with Gasteiger partial charge in [0.15, 0.2) is 0 Å². The molecule has 0 saturated carbocycles. The van der Waals surface area contributed by atoms with Crippen LogP contribution in [0.3, 0.4) is 0 Å². The van der Waals surface area contributed by atoms with Crippen LogP contribution < -0.4 is 5.32 Å². The minimum atomic E-state index is -1.24. The predicted molar refractivity (Wildman–Crippen MR) is 62.4 cm³/mol. The molecule has 0 aliphatic rings. The van der Waals surface area contributed by atoms with Crippen LogP contribution in [-0.2, 0) is 9.59 Å². The summed E-state index contributed by atoms with van der Waals surface area (Å²) in [7, 11) is 1.59. The van der Waals surface area contributed by atoms with Crippen molar-refractivity contribution in [3.05, 3.63) is 12.2 Å². The maximum absolute atomic E-state index is 11.5. The van der Waals surface area contributed by atoms with Crippen molar-refractivity contribution in [2.45, 2.75) is 32.7 Å². The molecule has 0 bridgehead atoms. The number of nitrogens with zero attached hydrogens (tertiary/aromatic N) is 1. The summed E-state index contributed by atoms with van der Waals surface area (Å²) in [4.78, 5) is 34.2. The Morgan fingerprint density at radius 3 is 2.41 bits per heavy atom. The summed E-state index contributed by atoms with van der Waals surface area (Å²) in [6.45, 7) is 3.88. The molecule has 96 valence electrons. The lowest BCUT2D eigenvalue weighted by molar-refractivity contribution is -0.131. The van der Waals surface area contributed by atoms with E-state index in [1.54, 1.807) is 7.05 Å². The molecule has 0 aromatic rings. The maximum atomic E-state index is 11.5. The van der Waals surface area contributed by atoms with Gasteiger partial charge in [-0.1, -0.05) is 13.3 Å². The molecular weight excluding hydrogens is 224 g/mol. The van der Waals surface area contributed by atoms with Crippen molar-refractivity contribution in [2.24, 2.45) is 0 Å². The van der Waals surface area contributed by atoms with E-state index in [0.717, 1.165) is 18.9 Å². The first kappa shape index (κ1) is 15.2. The molecule has 0 heterocycles. The zero-order valence-corrected chi connectivity index (χ0v) is 10.3. The summed E-state index contributed by atoms with van der Waals surface area (Å²) in [5.41, 5.74) is 0. The van der Waals surface area contributed by atoms with Crippen molar-refractivity contribution in [1.82, 2.24) is 10.2 Å². The van der Waals surface area contributed by atoms with E-state index in [1.165, 1.54) is 4.90 Å². The number of aliphatic carboxylic acids is 1. The van der Waals surface area contributed by atoms with Gasteiger partial charge >= 0.3 is 12.0 Å². The number of carbonyl (C=O) groups excluding carboxylic acids is 2. The molecule has 0 fully saturated rings. The molecular formula is C11H18N2O4. The van der Waals surface area contributed by atoms with Gasteiger partial charge < -0.3 is 10.0 Å². The normalized spacial score (nSPS) is 12.2. The van der Waals surface area contributed by atoms with Crippen LogP contribution in [0.25, 0.3) is 0 Å². The molecule has 6 heteroatoms. The number of carboxylic acids is 1. The highest BCUT2D eigenvalue weighted by Crippen LogP contribution is 2.03. The molecule has 0 saturated heterocycles. The molecule has 2 N–H and O–H groups in total. The molecule has 0 aliphatic heterocycles. The fourth-order valence-electron chi connectivity index (χ4n) is 1.19. The number of nitrogens with one attached hydrogen (secondary N) is 1. The second kappa shape index (κ2) is 7.43. The molecule has 0 spiro atoms. The maximum Gasteiger partial charge on any atom is 0.328 e. The van der Waals surface area contributed by atoms with E-state index in [2.05, 4.69) is 5.32 Å². The summed E-state index contributed by atoms with van der Waals surface area (Å²) in [6.07, 6.45) is 3.26. The first-order valence-electron chi connectivity index (χ1n) is 5.37. The highest BCUT2D eigenvalue weighted by atomic mass is 16.4. The molecule has 0 aromatic carbocycles. The SMILES string of the molecule is CCCC(C)N(C)C(=O)NC(=O)/C=C/C(=O)O. The number of amides is 3. The molecule has 1 atom stereocenters. The molecule has 0 aliphatic carbocycles. The van der Waals surface area contributed by atoms with Gasteiger partial charge in [-0.05, 0) is 13.3 Å². The van der Waals surface area contributed by atoms with Crippen LogP contribution in [0.1, 0.15) is 26.7 Å². The number of rotatable bonds is 5. The molecule has 0 aromatic heterocycles. The minimum absolute atomic E-state index is 0.0243. The molecule has 0 radical (unpaired) electrons. The second-order valence-corrected chi connectivity index (χ2v) is 3.71. The zero-order valence-electron chi connectivity index (χ0n) is 10.3. The first-order valence-corrected chi connectivity index (χ1v) is 5.37. The van der Waals surface area contributed by atoms with E-state index in [4.69, 9.17) is 5.11 Å². The number of hydrogen-bond acceptors (Lipinski definition) is 3. The van der Waals surface area contributed by atoms with Gasteiger partial charge in [0.2, 0.25) is 0 Å². The predicted octanol–water partition coefficient (Wildman–Crippen LogP) is 0.984. The monoisotopic (exact) mass is 242 g/mol. The highest BCUT2D eigenvalue weighted by Gasteiger charge is 2.16. The van der Waals surface area contributed by atoms with E-state index < -0.39 is 17.9 Å². The van der Waals surface area contributed by atoms with Gasteiger partial charge in [-0.2, -0.15) is 0 Å². The number of imide groups is 1. The smallest absolute Gasteiger partial charge is 0.328 e. The van der Waals surface area contributed by atoms with Gasteiger partial charge in [0.1, 0.15) is 0 Å². The van der Waals surface area contributed by atoms with E-state index in [9.17, 15) is 14.4 Å². The number of urea groups is 1. The average Bonchev–Trinajstić information content (AvgIpc) is 2.25. The lowest BCUT2D eigenvalue weighted by Crippen LogP contribution is -2.44. The molecule has 1 unspecified atom stereocenters. The van der Waals surface area contributed by atoms with Crippen molar-refractivity contribution in [1.29, 1.82) is 0 Å². The second-order valence-electron chi connectivity index (χ2n) is 3.71. The average molecular weight is 242 g/mol. The van der Waals surface area contributed by atoms with E-state index in [0.29, 0.717) is 6.08 Å². The minimum Gasteiger partial charge on any atom is -0.478 e. The lowest BCUT2D eigenvalue weighted by Gasteiger charge is -2.24. The van der Waals surface area contributed by atoms with Gasteiger partial charge in [-0.25, -0.2) is 9.59 Å². The molecule has 17 heavy (non-hydrogen) atoms. The third kappa shape index (κ3) is 6.34. The van der Waals surface area contributed by atoms with Crippen molar-refractivity contribution in [3.8, 4) is 0 Å². The van der Waals surface area contributed by atoms with Gasteiger partial charge in [-0.3, -0.25) is 10.1 Å². The summed E-state index contributed by atoms with van der Waals surface area (Å²) in [5, 5.41) is 10.4. The number of hydrogen-bond donors (Lipinski definition) is 2. The van der Waals surface area contributed by atoms with Crippen LogP contribution in [-0.4, -0.2) is 41.0 Å². The quantitative estimate of drug-likeness (QED) is 0.704. The summed E-state index contributed by atoms with van der Waals surface area (Å²) >= 11 is 0. The van der Waals surface area contributed by atoms with Crippen molar-refractivity contribution in [3.63, 3.8) is 0 Å². The van der Waals surface area contributed by atoms with Crippen molar-refractivity contribution >= 4 is 17.9 Å². The van der Waals surface area contributed by atoms with Crippen molar-refractivity contribution in [2.75, 3.05) is 7.05 Å². The van der Waals surface area contributed by atoms with Gasteiger partial charge in [0.25, 0.3) is 5.91 Å². The Balaban J connectivity index is 4.25. The summed E-state index contributed by atoms with van der Waals surface area (Å²) < 4.78 is 0. The van der Waals surface area contributed by atoms with Gasteiger partial charge in [0, 0.05) is 25.2 Å².